The van der Waals surface area contributed by atoms with Crippen molar-refractivity contribution in [2.75, 3.05) is 6.61 Å². The van der Waals surface area contributed by atoms with Gasteiger partial charge in [0.2, 0.25) is 0 Å². The lowest BCUT2D eigenvalue weighted by atomic mass is 10.1. The molecule has 0 bridgehead atoms. The standard InChI is InChI=1S/C11H8BrF3O3/c1-2-18-8(17)4-7(16)5-3-6(13)9(12)11(15)10(5)14/h3H,2,4H2,1H3. The SMILES string of the molecule is CCOC(=O)CC(=O)c1cc(F)c(Br)c(F)c1F. The number of carbonyl (C=O) groups excluding carboxylic acids is 2. The Hall–Kier alpha value is -1.37. The van der Waals surface area contributed by atoms with Gasteiger partial charge < -0.3 is 4.74 Å². The van der Waals surface area contributed by atoms with Gasteiger partial charge in [0.05, 0.1) is 16.6 Å². The Morgan fingerprint density at radius 3 is 2.44 bits per heavy atom. The van der Waals surface area contributed by atoms with Gasteiger partial charge in [-0.3, -0.25) is 9.59 Å². The first-order valence-corrected chi connectivity index (χ1v) is 5.69. The molecule has 1 aromatic carbocycles. The first-order chi connectivity index (χ1) is 8.38. The molecule has 0 N–H and O–H groups in total. The van der Waals surface area contributed by atoms with E-state index in [1.54, 1.807) is 0 Å². The Morgan fingerprint density at radius 1 is 1.28 bits per heavy atom. The quantitative estimate of drug-likeness (QED) is 0.281. The monoisotopic (exact) mass is 324 g/mol. The van der Waals surface area contributed by atoms with Gasteiger partial charge >= 0.3 is 5.97 Å². The maximum atomic E-state index is 13.4. The number of ketones is 1. The summed E-state index contributed by atoms with van der Waals surface area (Å²) in [5, 5.41) is 0. The topological polar surface area (TPSA) is 43.4 Å². The summed E-state index contributed by atoms with van der Waals surface area (Å²) in [5.41, 5.74) is -0.818. The van der Waals surface area contributed by atoms with Crippen LogP contribution in [-0.2, 0) is 9.53 Å². The molecule has 98 valence electrons. The molecule has 0 amide bonds. The lowest BCUT2D eigenvalue weighted by molar-refractivity contribution is -0.141. The summed E-state index contributed by atoms with van der Waals surface area (Å²) in [5.74, 6) is -6.07. The molecule has 1 rings (SSSR count). The molecule has 0 fully saturated rings. The highest BCUT2D eigenvalue weighted by molar-refractivity contribution is 9.10. The maximum absolute atomic E-state index is 13.4. The van der Waals surface area contributed by atoms with Crippen molar-refractivity contribution in [2.45, 2.75) is 13.3 Å². The van der Waals surface area contributed by atoms with Gasteiger partial charge in [0.1, 0.15) is 12.2 Å². The molecule has 0 radical (unpaired) electrons. The fourth-order valence-corrected chi connectivity index (χ4v) is 1.50. The maximum Gasteiger partial charge on any atom is 0.313 e. The second kappa shape index (κ2) is 5.99. The van der Waals surface area contributed by atoms with Crippen LogP contribution in [-0.4, -0.2) is 18.4 Å². The van der Waals surface area contributed by atoms with Gasteiger partial charge in [-0.25, -0.2) is 13.2 Å². The van der Waals surface area contributed by atoms with E-state index in [1.807, 2.05) is 0 Å². The minimum absolute atomic E-state index is 0.0532. The Labute approximate surface area is 109 Å². The Morgan fingerprint density at radius 2 is 1.89 bits per heavy atom. The van der Waals surface area contributed by atoms with Crippen LogP contribution in [0.1, 0.15) is 23.7 Å². The third-order valence-electron chi connectivity index (χ3n) is 2.01. The fourth-order valence-electron chi connectivity index (χ4n) is 1.21. The molecule has 1 aromatic rings. The van der Waals surface area contributed by atoms with Gasteiger partial charge in [0.15, 0.2) is 17.4 Å². The van der Waals surface area contributed by atoms with Crippen molar-refractivity contribution in [1.82, 2.24) is 0 Å². The molecular weight excluding hydrogens is 317 g/mol. The van der Waals surface area contributed by atoms with Crippen molar-refractivity contribution in [3.63, 3.8) is 0 Å². The van der Waals surface area contributed by atoms with Gasteiger partial charge in [-0.15, -0.1) is 0 Å². The van der Waals surface area contributed by atoms with Crippen molar-refractivity contribution < 1.29 is 27.5 Å². The summed E-state index contributed by atoms with van der Waals surface area (Å²) >= 11 is 2.50. The summed E-state index contributed by atoms with van der Waals surface area (Å²) in [6.45, 7) is 1.58. The first-order valence-electron chi connectivity index (χ1n) is 4.90. The molecule has 0 aromatic heterocycles. The number of ether oxygens (including phenoxy) is 1. The lowest BCUT2D eigenvalue weighted by Crippen LogP contribution is -2.14. The minimum atomic E-state index is -1.51. The second-order valence-electron chi connectivity index (χ2n) is 3.25. The smallest absolute Gasteiger partial charge is 0.313 e. The van der Waals surface area contributed by atoms with Crippen LogP contribution < -0.4 is 0 Å². The van der Waals surface area contributed by atoms with E-state index in [0.717, 1.165) is 0 Å². The van der Waals surface area contributed by atoms with Crippen molar-refractivity contribution >= 4 is 27.7 Å². The number of benzene rings is 1. The van der Waals surface area contributed by atoms with E-state index in [2.05, 4.69) is 20.7 Å². The Balaban J connectivity index is 3.04. The van der Waals surface area contributed by atoms with Crippen LogP contribution in [0.5, 0.6) is 0 Å². The molecule has 0 heterocycles. The fraction of sp³-hybridized carbons (Fsp3) is 0.273. The number of hydrogen-bond acceptors (Lipinski definition) is 3. The molecule has 0 aliphatic rings. The molecule has 0 saturated heterocycles. The first kappa shape index (κ1) is 14.7. The normalized spacial score (nSPS) is 10.3. The largest absolute Gasteiger partial charge is 0.466 e. The summed E-state index contributed by atoms with van der Waals surface area (Å²) < 4.78 is 43.5. The van der Waals surface area contributed by atoms with E-state index in [9.17, 15) is 22.8 Å². The van der Waals surface area contributed by atoms with E-state index in [-0.39, 0.29) is 6.61 Å². The van der Waals surface area contributed by atoms with Crippen LogP contribution in [0.25, 0.3) is 0 Å². The number of rotatable bonds is 4. The third-order valence-corrected chi connectivity index (χ3v) is 2.74. The highest BCUT2D eigenvalue weighted by atomic mass is 79.9. The molecule has 0 aliphatic heterocycles. The van der Waals surface area contributed by atoms with Crippen molar-refractivity contribution in [3.8, 4) is 0 Å². The van der Waals surface area contributed by atoms with E-state index < -0.39 is 45.7 Å². The molecular formula is C11H8BrF3O3. The zero-order valence-corrected chi connectivity index (χ0v) is 10.8. The van der Waals surface area contributed by atoms with Gasteiger partial charge in [-0.1, -0.05) is 0 Å². The number of Topliss-reactive ketones (excluding diaryl/α,β-unsaturated/α-hetero) is 1. The van der Waals surface area contributed by atoms with Crippen LogP contribution in [0.2, 0.25) is 0 Å². The van der Waals surface area contributed by atoms with Crippen LogP contribution >= 0.6 is 15.9 Å². The summed E-state index contributed by atoms with van der Waals surface area (Å²) in [4.78, 5) is 22.5. The number of hydrogen-bond donors (Lipinski definition) is 0. The highest BCUT2D eigenvalue weighted by Gasteiger charge is 2.23. The van der Waals surface area contributed by atoms with Crippen LogP contribution in [0, 0.1) is 17.5 Å². The molecule has 0 aliphatic carbocycles. The van der Waals surface area contributed by atoms with Gasteiger partial charge in [0, 0.05) is 0 Å². The van der Waals surface area contributed by atoms with Crippen molar-refractivity contribution in [3.05, 3.63) is 33.6 Å². The molecule has 18 heavy (non-hydrogen) atoms. The van der Waals surface area contributed by atoms with Crippen molar-refractivity contribution in [1.29, 1.82) is 0 Å². The molecule has 0 saturated carbocycles. The van der Waals surface area contributed by atoms with E-state index in [4.69, 9.17) is 0 Å². The molecule has 0 spiro atoms. The van der Waals surface area contributed by atoms with E-state index in [0.29, 0.717) is 6.07 Å². The zero-order chi connectivity index (χ0) is 13.9. The average molecular weight is 325 g/mol. The average Bonchev–Trinajstić information content (AvgIpc) is 2.31. The number of esters is 1. The third kappa shape index (κ3) is 3.10. The molecule has 0 unspecified atom stereocenters. The Kier molecular flexibility index (Phi) is 4.89. The Bertz CT molecular complexity index is 503. The van der Waals surface area contributed by atoms with Gasteiger partial charge in [-0.2, -0.15) is 0 Å². The lowest BCUT2D eigenvalue weighted by Gasteiger charge is -2.05. The minimum Gasteiger partial charge on any atom is -0.466 e. The number of carbonyl (C=O) groups is 2. The predicted molar refractivity (Wildman–Crippen MR) is 59.6 cm³/mol. The second-order valence-corrected chi connectivity index (χ2v) is 4.05. The van der Waals surface area contributed by atoms with Gasteiger partial charge in [-0.05, 0) is 28.9 Å². The van der Waals surface area contributed by atoms with E-state index in [1.165, 1.54) is 6.92 Å². The van der Waals surface area contributed by atoms with E-state index >= 15 is 0 Å². The van der Waals surface area contributed by atoms with Crippen LogP contribution in [0.4, 0.5) is 13.2 Å². The predicted octanol–water partition coefficient (Wildman–Crippen LogP) is 3.00. The summed E-state index contributed by atoms with van der Waals surface area (Å²) in [6.07, 6.45) is -0.773. The van der Waals surface area contributed by atoms with Crippen molar-refractivity contribution in [2.24, 2.45) is 0 Å². The number of halogens is 4. The molecule has 0 atom stereocenters. The summed E-state index contributed by atoms with van der Waals surface area (Å²) in [7, 11) is 0. The zero-order valence-electron chi connectivity index (χ0n) is 9.23. The van der Waals surface area contributed by atoms with Crippen LogP contribution in [0.15, 0.2) is 10.5 Å². The molecule has 7 heteroatoms. The van der Waals surface area contributed by atoms with Crippen LogP contribution in [0.3, 0.4) is 0 Å². The highest BCUT2D eigenvalue weighted by Crippen LogP contribution is 2.25. The summed E-state index contributed by atoms with van der Waals surface area (Å²) in [6, 6.07) is 0.532. The molecule has 3 nitrogen and oxygen atoms in total. The van der Waals surface area contributed by atoms with Gasteiger partial charge in [0.25, 0.3) is 0 Å².